The maximum Gasteiger partial charge on any atom is 0.341 e. The van der Waals surface area contributed by atoms with Crippen LogP contribution in [-0.2, 0) is 11.2 Å². The summed E-state index contributed by atoms with van der Waals surface area (Å²) in [6.45, 7) is 6.31. The van der Waals surface area contributed by atoms with Gasteiger partial charge < -0.3 is 4.74 Å². The lowest BCUT2D eigenvalue weighted by Crippen LogP contribution is -2.09. The summed E-state index contributed by atoms with van der Waals surface area (Å²) in [5.74, 6) is -0.296. The van der Waals surface area contributed by atoms with E-state index in [4.69, 9.17) is 4.74 Å². The highest BCUT2D eigenvalue weighted by Gasteiger charge is 2.18. The number of ether oxygens (including phenoxy) is 1. The number of rotatable bonds is 5. The Bertz CT molecular complexity index is 602. The lowest BCUT2D eigenvalue weighted by Gasteiger charge is -2.09. The van der Waals surface area contributed by atoms with Gasteiger partial charge in [-0.15, -0.1) is 0 Å². The zero-order valence-electron chi connectivity index (χ0n) is 12.2. The fourth-order valence-electron chi connectivity index (χ4n) is 2.21. The summed E-state index contributed by atoms with van der Waals surface area (Å²) in [5.41, 5.74) is 3.62. The first-order valence-electron chi connectivity index (χ1n) is 6.98. The number of hydrogen-bond acceptors (Lipinski definition) is 3. The molecular weight excluding hydrogens is 252 g/mol. The zero-order chi connectivity index (χ0) is 14.5. The number of carbonyl (C=O) groups excluding carboxylic acids is 1. The van der Waals surface area contributed by atoms with Crippen molar-refractivity contribution >= 4 is 5.97 Å². The van der Waals surface area contributed by atoms with Crippen molar-refractivity contribution in [2.75, 3.05) is 6.61 Å². The predicted molar refractivity (Wildman–Crippen MR) is 78.3 cm³/mol. The standard InChI is InChI=1S/C16H20N2O2/c1-4-7-15-14(16(19)20-5-2)11-17-18(15)13-9-6-8-12(3)10-13/h6,8-11H,4-5,7H2,1-3H3. The van der Waals surface area contributed by atoms with Crippen LogP contribution in [0.1, 0.15) is 41.9 Å². The molecule has 2 aromatic rings. The Balaban J connectivity index is 2.46. The molecule has 0 aliphatic rings. The number of carbonyl (C=O) groups is 1. The molecule has 0 spiro atoms. The van der Waals surface area contributed by atoms with E-state index in [1.807, 2.05) is 36.7 Å². The molecule has 0 amide bonds. The molecule has 0 bridgehead atoms. The summed E-state index contributed by atoms with van der Waals surface area (Å²) in [6.07, 6.45) is 3.34. The highest BCUT2D eigenvalue weighted by molar-refractivity contribution is 5.90. The average molecular weight is 272 g/mol. The first-order valence-corrected chi connectivity index (χ1v) is 6.98. The van der Waals surface area contributed by atoms with Crippen molar-refractivity contribution in [3.63, 3.8) is 0 Å². The monoisotopic (exact) mass is 272 g/mol. The molecule has 0 fully saturated rings. The van der Waals surface area contributed by atoms with E-state index in [2.05, 4.69) is 18.1 Å². The van der Waals surface area contributed by atoms with Crippen molar-refractivity contribution in [3.05, 3.63) is 47.3 Å². The van der Waals surface area contributed by atoms with E-state index in [9.17, 15) is 4.79 Å². The predicted octanol–water partition coefficient (Wildman–Crippen LogP) is 3.31. The van der Waals surface area contributed by atoms with E-state index >= 15 is 0 Å². The fraction of sp³-hybridized carbons (Fsp3) is 0.375. The van der Waals surface area contributed by atoms with Crippen LogP contribution in [-0.4, -0.2) is 22.4 Å². The maximum atomic E-state index is 12.0. The van der Waals surface area contributed by atoms with Gasteiger partial charge in [-0.25, -0.2) is 9.48 Å². The molecular formula is C16H20N2O2. The van der Waals surface area contributed by atoms with Gasteiger partial charge in [0.2, 0.25) is 0 Å². The molecule has 0 radical (unpaired) electrons. The minimum absolute atomic E-state index is 0.296. The van der Waals surface area contributed by atoms with Crippen molar-refractivity contribution in [2.24, 2.45) is 0 Å². The second-order valence-corrected chi connectivity index (χ2v) is 4.73. The Kier molecular flexibility index (Phi) is 4.56. The molecule has 0 atom stereocenters. The number of esters is 1. The molecule has 4 heteroatoms. The van der Waals surface area contributed by atoms with Crippen molar-refractivity contribution in [1.82, 2.24) is 9.78 Å². The Labute approximate surface area is 119 Å². The summed E-state index contributed by atoms with van der Waals surface area (Å²) in [6, 6.07) is 8.08. The minimum atomic E-state index is -0.296. The van der Waals surface area contributed by atoms with E-state index in [1.165, 1.54) is 0 Å². The van der Waals surface area contributed by atoms with Crippen LogP contribution in [0.2, 0.25) is 0 Å². The molecule has 1 aromatic carbocycles. The van der Waals surface area contributed by atoms with Gasteiger partial charge in [-0.1, -0.05) is 25.5 Å². The lowest BCUT2D eigenvalue weighted by atomic mass is 10.1. The number of aryl methyl sites for hydroxylation is 1. The van der Waals surface area contributed by atoms with Gasteiger partial charge in [0.25, 0.3) is 0 Å². The third-order valence-electron chi connectivity index (χ3n) is 3.10. The van der Waals surface area contributed by atoms with Gasteiger partial charge in [0.05, 0.1) is 24.2 Å². The van der Waals surface area contributed by atoms with Crippen LogP contribution in [0.4, 0.5) is 0 Å². The number of nitrogens with zero attached hydrogens (tertiary/aromatic N) is 2. The molecule has 0 N–H and O–H groups in total. The van der Waals surface area contributed by atoms with Crippen LogP contribution in [0.3, 0.4) is 0 Å². The van der Waals surface area contributed by atoms with Crippen molar-refractivity contribution in [2.45, 2.75) is 33.6 Å². The maximum absolute atomic E-state index is 12.0. The molecule has 2 rings (SSSR count). The van der Waals surface area contributed by atoms with Gasteiger partial charge in [0, 0.05) is 0 Å². The van der Waals surface area contributed by atoms with Crippen LogP contribution in [0.25, 0.3) is 5.69 Å². The van der Waals surface area contributed by atoms with Crippen LogP contribution < -0.4 is 0 Å². The summed E-state index contributed by atoms with van der Waals surface area (Å²) >= 11 is 0. The molecule has 20 heavy (non-hydrogen) atoms. The van der Waals surface area contributed by atoms with E-state index in [0.29, 0.717) is 12.2 Å². The Morgan fingerprint density at radius 2 is 2.15 bits per heavy atom. The van der Waals surface area contributed by atoms with Gasteiger partial charge in [-0.2, -0.15) is 5.10 Å². The SMILES string of the molecule is CCCc1c(C(=O)OCC)cnn1-c1cccc(C)c1. The number of hydrogen-bond donors (Lipinski definition) is 0. The van der Waals surface area contributed by atoms with Gasteiger partial charge in [0.1, 0.15) is 5.56 Å². The van der Waals surface area contributed by atoms with Gasteiger partial charge in [0.15, 0.2) is 0 Å². The lowest BCUT2D eigenvalue weighted by molar-refractivity contribution is 0.0525. The van der Waals surface area contributed by atoms with Crippen LogP contribution in [0.5, 0.6) is 0 Å². The second kappa shape index (κ2) is 6.37. The topological polar surface area (TPSA) is 44.1 Å². The van der Waals surface area contributed by atoms with Crippen molar-refractivity contribution < 1.29 is 9.53 Å². The second-order valence-electron chi connectivity index (χ2n) is 4.73. The molecule has 1 aromatic heterocycles. The van der Waals surface area contributed by atoms with Crippen molar-refractivity contribution in [1.29, 1.82) is 0 Å². The largest absolute Gasteiger partial charge is 0.462 e. The smallest absolute Gasteiger partial charge is 0.341 e. The third-order valence-corrected chi connectivity index (χ3v) is 3.10. The summed E-state index contributed by atoms with van der Waals surface area (Å²) in [4.78, 5) is 12.0. The molecule has 4 nitrogen and oxygen atoms in total. The molecule has 0 unspecified atom stereocenters. The number of aromatic nitrogens is 2. The van der Waals surface area contributed by atoms with Crippen LogP contribution >= 0.6 is 0 Å². The Morgan fingerprint density at radius 1 is 1.35 bits per heavy atom. The Morgan fingerprint density at radius 3 is 2.80 bits per heavy atom. The Hall–Kier alpha value is -2.10. The van der Waals surface area contributed by atoms with E-state index < -0.39 is 0 Å². The molecule has 0 saturated carbocycles. The van der Waals surface area contributed by atoms with Crippen LogP contribution in [0.15, 0.2) is 30.5 Å². The molecule has 0 aliphatic carbocycles. The zero-order valence-corrected chi connectivity index (χ0v) is 12.2. The molecule has 106 valence electrons. The summed E-state index contributed by atoms with van der Waals surface area (Å²) in [7, 11) is 0. The van der Waals surface area contributed by atoms with E-state index in [1.54, 1.807) is 6.20 Å². The number of benzene rings is 1. The highest BCUT2D eigenvalue weighted by atomic mass is 16.5. The highest BCUT2D eigenvalue weighted by Crippen LogP contribution is 2.18. The van der Waals surface area contributed by atoms with Gasteiger partial charge >= 0.3 is 5.97 Å². The van der Waals surface area contributed by atoms with E-state index in [-0.39, 0.29) is 5.97 Å². The third kappa shape index (κ3) is 2.90. The average Bonchev–Trinajstić information content (AvgIpc) is 2.83. The summed E-state index contributed by atoms with van der Waals surface area (Å²) in [5, 5.41) is 4.37. The fourth-order valence-corrected chi connectivity index (χ4v) is 2.21. The normalized spacial score (nSPS) is 10.6. The molecule has 0 aliphatic heterocycles. The van der Waals surface area contributed by atoms with Crippen LogP contribution in [0, 0.1) is 6.92 Å². The quantitative estimate of drug-likeness (QED) is 0.784. The van der Waals surface area contributed by atoms with E-state index in [0.717, 1.165) is 29.8 Å². The van der Waals surface area contributed by atoms with Crippen molar-refractivity contribution in [3.8, 4) is 5.69 Å². The first kappa shape index (κ1) is 14.3. The first-order chi connectivity index (χ1) is 9.67. The minimum Gasteiger partial charge on any atom is -0.462 e. The van der Waals surface area contributed by atoms with Gasteiger partial charge in [-0.3, -0.25) is 0 Å². The summed E-state index contributed by atoms with van der Waals surface area (Å²) < 4.78 is 6.93. The molecule has 1 heterocycles. The molecule has 0 saturated heterocycles. The van der Waals surface area contributed by atoms with Gasteiger partial charge in [-0.05, 0) is 38.0 Å².